The Morgan fingerprint density at radius 1 is 0.611 bits per heavy atom. The highest BCUT2D eigenvalue weighted by Crippen LogP contribution is 2.43. The van der Waals surface area contributed by atoms with Crippen LogP contribution < -0.4 is 34.6 Å². The van der Waals surface area contributed by atoms with E-state index in [1.165, 1.54) is 47.9 Å². The molecule has 2 saturated heterocycles. The number of anilines is 2. The lowest BCUT2D eigenvalue weighted by molar-refractivity contribution is -0.137. The highest BCUT2D eigenvalue weighted by Gasteiger charge is 2.48. The van der Waals surface area contributed by atoms with Gasteiger partial charge in [0.25, 0.3) is 23.6 Å². The third-order valence-corrected chi connectivity index (χ3v) is 18.7. The molecule has 590 valence electrons. The molecule has 32 heteroatoms. The van der Waals surface area contributed by atoms with Gasteiger partial charge >= 0.3 is 13.1 Å². The maximum Gasteiger partial charge on any atom is 0.416 e. The van der Waals surface area contributed by atoms with Crippen molar-refractivity contribution in [2.75, 3.05) is 162 Å². The summed E-state index contributed by atoms with van der Waals surface area (Å²) < 4.78 is 68.1. The number of hydrogen-bond donors (Lipinski definition) is 5. The Morgan fingerprint density at radius 2 is 1.10 bits per heavy atom. The number of methoxy groups -OCH3 is 1. The third kappa shape index (κ3) is 24.4. The number of aliphatic hydroxyl groups excluding tert-OH is 2. The van der Waals surface area contributed by atoms with Crippen molar-refractivity contribution in [3.05, 3.63) is 113 Å². The standard InChI is InChI=1S/C76H104BN7O24/c1-49(2)57(42-56(85)17-22-98-24-26-100-28-30-102-32-34-104-36-37-105-35-33-103-31-29-101-27-25-99-23-18-78-68(87)16-19-80-69(88)14-15-70(80)89)71(90)79-53(6)64(86)41-54-10-12-55(13-11-54)48-108-76(95)83-60-44-65(52(5)40-58(60)72(91)81-46-50(3)38-62(81)74(83)93)106-20-9-21-107-67-45-61-59(43-66(67)97-8)73(92)82-47-51(4)39-63(82)75(94)84(61)77(7)96/h10-15,40,43-45,49,53,57,62-63,74-75,93-94,96H,3-4,9,16-39,41-42,46-48H2,1-2,5-8H3,(H,78,87)(H,79,90)/t53-,57-,62-,63-,74-,75-/m0/s1. The van der Waals surface area contributed by atoms with Crippen molar-refractivity contribution in [3.8, 4) is 17.2 Å². The summed E-state index contributed by atoms with van der Waals surface area (Å²) in [6.07, 6.45) is -0.322. The number of Topliss-reactive ketones (excluding diaryl/α,β-unsaturated/α-hetero) is 2. The molecule has 0 aliphatic carbocycles. The summed E-state index contributed by atoms with van der Waals surface area (Å²) in [5.74, 6) is -2.72. The van der Waals surface area contributed by atoms with Gasteiger partial charge in [-0.3, -0.25) is 43.3 Å². The lowest BCUT2D eigenvalue weighted by Crippen LogP contribution is -2.53. The summed E-state index contributed by atoms with van der Waals surface area (Å²) >= 11 is 0. The molecule has 0 aromatic heterocycles. The number of hydrogen-bond acceptors (Lipinski definition) is 25. The highest BCUT2D eigenvalue weighted by atomic mass is 16.6. The Balaban J connectivity index is 0.664. The molecule has 5 N–H and O–H groups in total. The van der Waals surface area contributed by atoms with Crippen LogP contribution in [0.3, 0.4) is 0 Å². The molecule has 0 radical (unpaired) electrons. The SMILES string of the molecule is C=C1C[C@H]2[C@H](O)N(B(C)O)c3cc(OCCCOc4cc5c(cc4C)C(=O)N4CC(=C)C[C@H]4[C@H](O)N5C(=O)OCc4ccc(CC(=O)[C@H](C)NC(=O)[C@@H](CC(=O)CCOCCOCCOCCOCCOCCOCCOCCOCCNC(=O)CCN5C(=O)C=CC5=O)C(C)C)cc4)c(OC)cc3C(=O)N2C1. The van der Waals surface area contributed by atoms with Gasteiger partial charge in [0.15, 0.2) is 23.5 Å². The molecule has 8 rings (SSSR count). The fourth-order valence-corrected chi connectivity index (χ4v) is 12.8. The Kier molecular flexibility index (Phi) is 33.8. The summed E-state index contributed by atoms with van der Waals surface area (Å²) in [6, 6.07) is 10.7. The number of nitrogens with one attached hydrogen (secondary N) is 2. The van der Waals surface area contributed by atoms with Crippen LogP contribution in [0.4, 0.5) is 16.2 Å². The first-order valence-electron chi connectivity index (χ1n) is 36.7. The number of ether oxygens (including phenoxy) is 12. The monoisotopic (exact) mass is 1510 g/mol. The van der Waals surface area contributed by atoms with E-state index < -0.39 is 73.3 Å². The number of fused-ring (bicyclic) bond motifs is 4. The minimum absolute atomic E-state index is 0.0224. The zero-order valence-electron chi connectivity index (χ0n) is 62.7. The number of imide groups is 1. The molecule has 5 aliphatic rings. The van der Waals surface area contributed by atoms with E-state index in [4.69, 9.17) is 56.8 Å². The van der Waals surface area contributed by atoms with E-state index in [1.54, 1.807) is 55.1 Å². The zero-order valence-corrected chi connectivity index (χ0v) is 62.7. The number of carbonyl (C=O) groups excluding carboxylic acids is 9. The molecule has 0 unspecified atom stereocenters. The van der Waals surface area contributed by atoms with E-state index in [1.807, 2.05) is 13.8 Å². The molecule has 0 bridgehead atoms. The van der Waals surface area contributed by atoms with Crippen molar-refractivity contribution in [1.82, 2.24) is 25.3 Å². The first-order valence-corrected chi connectivity index (χ1v) is 36.7. The van der Waals surface area contributed by atoms with Gasteiger partial charge < -0.3 is 97.3 Å². The Morgan fingerprint density at radius 3 is 1.63 bits per heavy atom. The second-order valence-corrected chi connectivity index (χ2v) is 27.1. The summed E-state index contributed by atoms with van der Waals surface area (Å²) in [5, 5.41) is 39.8. The molecule has 3 aromatic rings. The average molecular weight is 1510 g/mol. The Bertz CT molecular complexity index is 3610. The molecule has 5 aliphatic heterocycles. The lowest BCUT2D eigenvalue weighted by atomic mass is 9.82. The number of nitrogens with zero attached hydrogens (tertiary/aromatic N) is 5. The fraction of sp³-hybridized carbons (Fsp3) is 0.566. The number of ketones is 2. The van der Waals surface area contributed by atoms with E-state index in [0.29, 0.717) is 140 Å². The van der Waals surface area contributed by atoms with Crippen LogP contribution in [0.1, 0.15) is 96.7 Å². The van der Waals surface area contributed by atoms with Gasteiger partial charge in [0.05, 0.1) is 161 Å². The van der Waals surface area contributed by atoms with Crippen LogP contribution in [0.15, 0.2) is 85.0 Å². The highest BCUT2D eigenvalue weighted by molar-refractivity contribution is 6.54. The molecular weight excluding hydrogens is 1410 g/mol. The van der Waals surface area contributed by atoms with E-state index >= 15 is 0 Å². The molecule has 2 fully saturated rings. The van der Waals surface area contributed by atoms with Crippen molar-refractivity contribution >= 4 is 71.5 Å². The van der Waals surface area contributed by atoms with Gasteiger partial charge in [-0.05, 0) is 68.3 Å². The van der Waals surface area contributed by atoms with Gasteiger partial charge in [0.1, 0.15) is 24.4 Å². The van der Waals surface area contributed by atoms with Crippen LogP contribution in [0.5, 0.6) is 17.2 Å². The van der Waals surface area contributed by atoms with Gasteiger partial charge in [-0.25, -0.2) is 9.69 Å². The van der Waals surface area contributed by atoms with Gasteiger partial charge in [0.2, 0.25) is 11.8 Å². The normalized spacial score (nSPS) is 18.0. The van der Waals surface area contributed by atoms with E-state index in [0.717, 1.165) is 15.4 Å². The van der Waals surface area contributed by atoms with E-state index in [-0.39, 0.29) is 148 Å². The smallest absolute Gasteiger partial charge is 0.416 e. The minimum Gasteiger partial charge on any atom is -0.493 e. The molecule has 108 heavy (non-hydrogen) atoms. The third-order valence-electron chi connectivity index (χ3n) is 18.7. The van der Waals surface area contributed by atoms with Crippen LogP contribution in [0, 0.1) is 18.8 Å². The maximum atomic E-state index is 14.3. The van der Waals surface area contributed by atoms with Gasteiger partial charge in [-0.15, -0.1) is 0 Å². The summed E-state index contributed by atoms with van der Waals surface area (Å²) in [4.78, 5) is 124. The second kappa shape index (κ2) is 42.9. The van der Waals surface area contributed by atoms with Gasteiger partial charge in [0, 0.05) is 94.2 Å². The quantitative estimate of drug-likeness (QED) is 0.0231. The summed E-state index contributed by atoms with van der Waals surface area (Å²) in [7, 11) is 0.272. The minimum atomic E-state index is -1.53. The molecule has 6 atom stereocenters. The zero-order chi connectivity index (χ0) is 77.8. The van der Waals surface area contributed by atoms with Crippen LogP contribution in [-0.4, -0.2) is 273 Å². The molecule has 0 spiro atoms. The van der Waals surface area contributed by atoms with Crippen molar-refractivity contribution in [2.45, 2.75) is 117 Å². The second-order valence-electron chi connectivity index (χ2n) is 27.1. The van der Waals surface area contributed by atoms with Crippen molar-refractivity contribution in [3.63, 3.8) is 0 Å². The van der Waals surface area contributed by atoms with Crippen LogP contribution in [-0.2, 0) is 84.4 Å². The molecule has 0 saturated carbocycles. The average Bonchev–Trinajstić information content (AvgIpc) is 1.60. The molecule has 7 amide bonds. The Labute approximate surface area is 630 Å². The number of aliphatic hydroxyl groups is 2. The molecule has 5 heterocycles. The summed E-state index contributed by atoms with van der Waals surface area (Å²) in [6.45, 7) is 23.0. The van der Waals surface area contributed by atoms with Gasteiger partial charge in [-0.2, -0.15) is 0 Å². The first-order chi connectivity index (χ1) is 51.9. The number of benzene rings is 3. The fourth-order valence-electron chi connectivity index (χ4n) is 12.8. The predicted molar refractivity (Wildman–Crippen MR) is 393 cm³/mol. The summed E-state index contributed by atoms with van der Waals surface area (Å²) in [5.41, 5.74) is 3.99. The number of aryl methyl sites for hydroxylation is 1. The Hall–Kier alpha value is -8.67. The van der Waals surface area contributed by atoms with E-state index in [2.05, 4.69) is 23.8 Å². The molecule has 31 nitrogen and oxygen atoms in total. The van der Waals surface area contributed by atoms with E-state index in [9.17, 15) is 58.4 Å². The first kappa shape index (κ1) is 85.0. The largest absolute Gasteiger partial charge is 0.493 e. The van der Waals surface area contributed by atoms with Crippen LogP contribution in [0.2, 0.25) is 6.82 Å². The van der Waals surface area contributed by atoms with Gasteiger partial charge in [-0.1, -0.05) is 62.4 Å². The topological polar surface area (TPSA) is 365 Å². The maximum absolute atomic E-state index is 14.3. The van der Waals surface area contributed by atoms with Crippen molar-refractivity contribution < 1.29 is 115 Å². The predicted octanol–water partition coefficient (Wildman–Crippen LogP) is 3.92. The number of carbonyl (C=O) groups is 9. The molecular formula is C76H104BN7O24. The lowest BCUT2D eigenvalue weighted by Gasteiger charge is -2.34. The van der Waals surface area contributed by atoms with Crippen LogP contribution >= 0.6 is 0 Å². The number of rotatable bonds is 48. The van der Waals surface area contributed by atoms with Crippen LogP contribution in [0.25, 0.3) is 0 Å². The number of amides is 7. The van der Waals surface area contributed by atoms with Crippen molar-refractivity contribution in [1.29, 1.82) is 0 Å². The van der Waals surface area contributed by atoms with Crippen molar-refractivity contribution in [2.24, 2.45) is 11.8 Å². The molecule has 3 aromatic carbocycles.